The summed E-state index contributed by atoms with van der Waals surface area (Å²) in [5.41, 5.74) is 0. The molecule has 13 heavy (non-hydrogen) atoms. The Balaban J connectivity index is 2.76. The molecule has 0 heterocycles. The molecule has 82 valence electrons. The molecule has 0 aromatic carbocycles. The number of alkyl halides is 2. The van der Waals surface area contributed by atoms with Gasteiger partial charge < -0.3 is 0 Å². The molecule has 0 unspecified atom stereocenters. The van der Waals surface area contributed by atoms with Crippen LogP contribution in [0.1, 0.15) is 64.7 Å². The molecule has 0 saturated carbocycles. The molecule has 0 nitrogen and oxygen atoms in total. The fourth-order valence-electron chi connectivity index (χ4n) is 1.54. The van der Waals surface area contributed by atoms with Crippen molar-refractivity contribution in [1.82, 2.24) is 0 Å². The van der Waals surface area contributed by atoms with E-state index in [-0.39, 0.29) is 0 Å². The molecular weight excluding hydrogens is 271 g/mol. The molecule has 0 aromatic heterocycles. The van der Waals surface area contributed by atoms with Crippen LogP contribution in [-0.2, 0) is 0 Å². The van der Waals surface area contributed by atoms with Crippen LogP contribution in [0.4, 0.5) is 0 Å². The van der Waals surface area contributed by atoms with Gasteiger partial charge in [0.05, 0.1) is 0 Å². The van der Waals surface area contributed by atoms with Gasteiger partial charge in [-0.2, -0.15) is 0 Å². The van der Waals surface area contributed by atoms with Crippen molar-refractivity contribution in [1.29, 1.82) is 0 Å². The second-order valence-corrected chi connectivity index (χ2v) is 6.39. The summed E-state index contributed by atoms with van der Waals surface area (Å²) in [6.45, 7) is 2.29. The van der Waals surface area contributed by atoms with E-state index < -0.39 is 0 Å². The van der Waals surface area contributed by atoms with Crippen LogP contribution in [0.2, 0.25) is 0 Å². The number of hydrogen-bond donors (Lipinski definition) is 0. The summed E-state index contributed by atoms with van der Waals surface area (Å²) < 4.78 is 1.55. The SMILES string of the molecule is CCCCCCCCCCC[I-]C. The first-order valence-electron chi connectivity index (χ1n) is 5.85. The van der Waals surface area contributed by atoms with Crippen LogP contribution >= 0.6 is 0 Å². The Hall–Kier alpha value is 0.730. The van der Waals surface area contributed by atoms with E-state index in [0.717, 1.165) is 0 Å². The van der Waals surface area contributed by atoms with Crippen LogP contribution in [0.15, 0.2) is 0 Å². The van der Waals surface area contributed by atoms with Crippen molar-refractivity contribution in [2.75, 3.05) is 9.36 Å². The van der Waals surface area contributed by atoms with Crippen LogP contribution < -0.4 is 21.2 Å². The average molecular weight is 297 g/mol. The summed E-state index contributed by atoms with van der Waals surface area (Å²) in [7, 11) is 0. The standard InChI is InChI=1S/C12H26I/c1-3-4-5-6-7-8-9-10-11-12-13-2/h3-12H2,1-2H3/q-1. The van der Waals surface area contributed by atoms with Gasteiger partial charge in [-0.15, -0.1) is 0 Å². The maximum absolute atomic E-state index is 2.39. The quantitative estimate of drug-likeness (QED) is 0.323. The van der Waals surface area contributed by atoms with E-state index in [1.165, 1.54) is 57.8 Å². The van der Waals surface area contributed by atoms with Crippen molar-refractivity contribution in [3.8, 4) is 0 Å². The first kappa shape index (κ1) is 13.7. The van der Waals surface area contributed by atoms with E-state index in [1.807, 2.05) is 0 Å². The monoisotopic (exact) mass is 297 g/mol. The zero-order valence-corrected chi connectivity index (χ0v) is 11.6. The molecule has 0 aliphatic carbocycles. The second-order valence-electron chi connectivity index (χ2n) is 3.78. The number of rotatable bonds is 10. The van der Waals surface area contributed by atoms with Gasteiger partial charge in [0, 0.05) is 0 Å². The van der Waals surface area contributed by atoms with E-state index in [1.54, 1.807) is 4.43 Å². The van der Waals surface area contributed by atoms with Crippen LogP contribution in [0.25, 0.3) is 0 Å². The van der Waals surface area contributed by atoms with Crippen LogP contribution in [-0.4, -0.2) is 9.36 Å². The molecule has 0 radical (unpaired) electrons. The van der Waals surface area contributed by atoms with Crippen LogP contribution in [0, 0.1) is 0 Å². The van der Waals surface area contributed by atoms with Gasteiger partial charge in [-0.1, -0.05) is 0 Å². The van der Waals surface area contributed by atoms with Crippen molar-refractivity contribution in [2.24, 2.45) is 0 Å². The van der Waals surface area contributed by atoms with Crippen molar-refractivity contribution in [3.05, 3.63) is 0 Å². The average Bonchev–Trinajstić information content (AvgIpc) is 2.16. The predicted molar refractivity (Wildman–Crippen MR) is 58.0 cm³/mol. The number of halogens is 1. The van der Waals surface area contributed by atoms with Gasteiger partial charge in [0.25, 0.3) is 0 Å². The van der Waals surface area contributed by atoms with Crippen LogP contribution in [0.3, 0.4) is 0 Å². The third-order valence-electron chi connectivity index (χ3n) is 2.43. The predicted octanol–water partition coefficient (Wildman–Crippen LogP) is 1.24. The molecule has 0 aliphatic rings. The second kappa shape index (κ2) is 12.7. The first-order chi connectivity index (χ1) is 6.41. The van der Waals surface area contributed by atoms with Gasteiger partial charge in [-0.05, 0) is 0 Å². The Bertz CT molecular complexity index is 71.2. The third-order valence-corrected chi connectivity index (χ3v) is 4.27. The fourth-order valence-corrected chi connectivity index (χ4v) is 2.84. The van der Waals surface area contributed by atoms with Crippen molar-refractivity contribution in [2.45, 2.75) is 64.7 Å². The molecule has 0 spiro atoms. The van der Waals surface area contributed by atoms with Gasteiger partial charge in [0.1, 0.15) is 0 Å². The topological polar surface area (TPSA) is 0 Å². The Morgan fingerprint density at radius 2 is 1.15 bits per heavy atom. The van der Waals surface area contributed by atoms with Gasteiger partial charge in [0.15, 0.2) is 0 Å². The van der Waals surface area contributed by atoms with Crippen molar-refractivity contribution >= 4 is 0 Å². The minimum absolute atomic E-state index is 0.573. The molecule has 0 saturated heterocycles. The van der Waals surface area contributed by atoms with E-state index in [2.05, 4.69) is 11.9 Å². The maximum atomic E-state index is 2.39. The summed E-state index contributed by atoms with van der Waals surface area (Å²) >= 11 is 0.573. The van der Waals surface area contributed by atoms with Crippen molar-refractivity contribution < 1.29 is 21.2 Å². The van der Waals surface area contributed by atoms with Crippen molar-refractivity contribution in [3.63, 3.8) is 0 Å². The third kappa shape index (κ3) is 12.7. The summed E-state index contributed by atoms with van der Waals surface area (Å²) in [6.07, 6.45) is 13.3. The molecule has 0 fully saturated rings. The Kier molecular flexibility index (Phi) is 13.4. The molecule has 0 aromatic rings. The zero-order chi connectivity index (χ0) is 9.78. The Labute approximate surface area is 95.1 Å². The molecule has 1 heteroatoms. The molecule has 0 rings (SSSR count). The Morgan fingerprint density at radius 3 is 1.62 bits per heavy atom. The minimum atomic E-state index is 0.573. The summed E-state index contributed by atoms with van der Waals surface area (Å²) in [5, 5.41) is 0. The van der Waals surface area contributed by atoms with E-state index in [4.69, 9.17) is 0 Å². The van der Waals surface area contributed by atoms with E-state index in [9.17, 15) is 0 Å². The van der Waals surface area contributed by atoms with Gasteiger partial charge in [0.2, 0.25) is 0 Å². The van der Waals surface area contributed by atoms with E-state index in [0.29, 0.717) is 21.2 Å². The van der Waals surface area contributed by atoms with Gasteiger partial charge in [-0.3, -0.25) is 0 Å². The van der Waals surface area contributed by atoms with Gasteiger partial charge >= 0.3 is 95.3 Å². The van der Waals surface area contributed by atoms with E-state index >= 15 is 0 Å². The number of unbranched alkanes of at least 4 members (excludes halogenated alkanes) is 8. The molecule has 0 amide bonds. The molecule has 0 aliphatic heterocycles. The number of hydrogen-bond acceptors (Lipinski definition) is 0. The normalized spacial score (nSPS) is 10.9. The van der Waals surface area contributed by atoms with Crippen LogP contribution in [0.5, 0.6) is 0 Å². The zero-order valence-electron chi connectivity index (χ0n) is 9.45. The summed E-state index contributed by atoms with van der Waals surface area (Å²) in [6, 6.07) is 0. The molecule has 0 N–H and O–H groups in total. The first-order valence-corrected chi connectivity index (χ1v) is 9.54. The molecule has 0 bridgehead atoms. The fraction of sp³-hybridized carbons (Fsp3) is 1.00. The summed E-state index contributed by atoms with van der Waals surface area (Å²) in [5.74, 6) is 0. The molecule has 0 atom stereocenters. The van der Waals surface area contributed by atoms with Gasteiger partial charge in [-0.25, -0.2) is 0 Å². The Morgan fingerprint density at radius 1 is 0.692 bits per heavy atom. The summed E-state index contributed by atoms with van der Waals surface area (Å²) in [4.78, 5) is 2.39. The molecular formula is C12H26I-.